The second kappa shape index (κ2) is 8.35. The van der Waals surface area contributed by atoms with Crippen LogP contribution in [0.3, 0.4) is 0 Å². The standard InChI is InChI=1S/C17H12Cl2N2O4S/c18-10-3-4-12(13(19)6-10)16(23)20-7-15(22)24-8-11-9-25-17(21-11)14-2-1-5-26-14/h1-6,9H,7-8H2,(H,20,23). The van der Waals surface area contributed by atoms with Crippen molar-refractivity contribution < 1.29 is 18.7 Å². The number of halogens is 2. The molecule has 3 aromatic rings. The molecule has 0 fully saturated rings. The molecule has 0 radical (unpaired) electrons. The zero-order valence-electron chi connectivity index (χ0n) is 13.2. The molecular formula is C17H12Cl2N2O4S. The lowest BCUT2D eigenvalue weighted by Crippen LogP contribution is -2.30. The predicted molar refractivity (Wildman–Crippen MR) is 98.4 cm³/mol. The second-order valence-electron chi connectivity index (χ2n) is 5.09. The van der Waals surface area contributed by atoms with Gasteiger partial charge in [0.15, 0.2) is 0 Å². The van der Waals surface area contributed by atoms with Crippen molar-refractivity contribution in [1.29, 1.82) is 0 Å². The number of esters is 1. The highest BCUT2D eigenvalue weighted by atomic mass is 35.5. The van der Waals surface area contributed by atoms with Gasteiger partial charge in [-0.05, 0) is 29.6 Å². The molecule has 0 aliphatic rings. The van der Waals surface area contributed by atoms with Crippen LogP contribution in [-0.4, -0.2) is 23.4 Å². The molecule has 0 spiro atoms. The van der Waals surface area contributed by atoms with Crippen LogP contribution in [0.25, 0.3) is 10.8 Å². The van der Waals surface area contributed by atoms with Crippen LogP contribution in [0.2, 0.25) is 10.0 Å². The van der Waals surface area contributed by atoms with Gasteiger partial charge in [0.05, 0.1) is 15.5 Å². The Hall–Kier alpha value is -2.35. The van der Waals surface area contributed by atoms with Gasteiger partial charge in [0.25, 0.3) is 5.91 Å². The molecule has 6 nitrogen and oxygen atoms in total. The molecule has 0 atom stereocenters. The third kappa shape index (κ3) is 4.63. The van der Waals surface area contributed by atoms with Crippen LogP contribution < -0.4 is 5.32 Å². The van der Waals surface area contributed by atoms with Crippen molar-refractivity contribution in [3.8, 4) is 10.8 Å². The number of carbonyl (C=O) groups is 2. The number of nitrogens with zero attached hydrogens (tertiary/aromatic N) is 1. The molecule has 134 valence electrons. The van der Waals surface area contributed by atoms with Gasteiger partial charge in [-0.25, -0.2) is 4.98 Å². The fourth-order valence-electron chi connectivity index (χ4n) is 2.01. The third-order valence-electron chi connectivity index (χ3n) is 3.23. The Morgan fingerprint density at radius 3 is 2.85 bits per heavy atom. The number of hydrogen-bond donors (Lipinski definition) is 1. The Kier molecular flexibility index (Phi) is 5.92. The maximum Gasteiger partial charge on any atom is 0.325 e. The fraction of sp³-hybridized carbons (Fsp3) is 0.118. The van der Waals surface area contributed by atoms with E-state index in [4.69, 9.17) is 32.4 Å². The maximum atomic E-state index is 12.0. The van der Waals surface area contributed by atoms with Gasteiger partial charge in [-0.3, -0.25) is 9.59 Å². The first-order valence-corrected chi connectivity index (χ1v) is 9.03. The highest BCUT2D eigenvalue weighted by molar-refractivity contribution is 7.13. The summed E-state index contributed by atoms with van der Waals surface area (Å²) in [4.78, 5) is 28.9. The molecule has 2 heterocycles. The van der Waals surface area contributed by atoms with Crippen LogP contribution in [0.1, 0.15) is 16.1 Å². The summed E-state index contributed by atoms with van der Waals surface area (Å²) < 4.78 is 10.4. The highest BCUT2D eigenvalue weighted by Crippen LogP contribution is 2.24. The Morgan fingerprint density at radius 1 is 1.27 bits per heavy atom. The zero-order chi connectivity index (χ0) is 18.5. The van der Waals surface area contributed by atoms with E-state index in [-0.39, 0.29) is 23.7 Å². The van der Waals surface area contributed by atoms with E-state index in [2.05, 4.69) is 10.3 Å². The van der Waals surface area contributed by atoms with Crippen LogP contribution in [0.5, 0.6) is 0 Å². The molecule has 1 amide bonds. The topological polar surface area (TPSA) is 81.4 Å². The van der Waals surface area contributed by atoms with E-state index in [0.29, 0.717) is 16.6 Å². The number of aromatic nitrogens is 1. The third-order valence-corrected chi connectivity index (χ3v) is 4.64. The molecule has 0 aliphatic heterocycles. The van der Waals surface area contributed by atoms with Crippen molar-refractivity contribution in [2.75, 3.05) is 6.54 Å². The number of benzene rings is 1. The summed E-state index contributed by atoms with van der Waals surface area (Å²) in [5.41, 5.74) is 0.703. The largest absolute Gasteiger partial charge is 0.458 e. The number of amides is 1. The summed E-state index contributed by atoms with van der Waals surface area (Å²) in [6.07, 6.45) is 1.42. The first-order valence-electron chi connectivity index (χ1n) is 7.40. The first-order chi connectivity index (χ1) is 12.5. The summed E-state index contributed by atoms with van der Waals surface area (Å²) in [5.74, 6) is -0.633. The number of nitrogens with one attached hydrogen (secondary N) is 1. The molecule has 9 heteroatoms. The molecule has 1 N–H and O–H groups in total. The van der Waals surface area contributed by atoms with Crippen molar-refractivity contribution in [2.45, 2.75) is 6.61 Å². The van der Waals surface area contributed by atoms with Crippen molar-refractivity contribution in [1.82, 2.24) is 10.3 Å². The van der Waals surface area contributed by atoms with Crippen LogP contribution >= 0.6 is 34.5 Å². The van der Waals surface area contributed by atoms with E-state index in [9.17, 15) is 9.59 Å². The van der Waals surface area contributed by atoms with Gasteiger partial charge in [0.1, 0.15) is 25.1 Å². The SMILES string of the molecule is O=C(CNC(=O)c1ccc(Cl)cc1Cl)OCc1coc(-c2cccs2)n1. The van der Waals surface area contributed by atoms with Gasteiger partial charge in [-0.15, -0.1) is 11.3 Å². The van der Waals surface area contributed by atoms with Gasteiger partial charge >= 0.3 is 5.97 Å². The van der Waals surface area contributed by atoms with Gasteiger partial charge in [-0.1, -0.05) is 29.3 Å². The molecule has 2 aromatic heterocycles. The van der Waals surface area contributed by atoms with Crippen molar-refractivity contribution in [3.05, 3.63) is 63.3 Å². The first kappa shape index (κ1) is 18.4. The van der Waals surface area contributed by atoms with Gasteiger partial charge in [-0.2, -0.15) is 0 Å². The summed E-state index contributed by atoms with van der Waals surface area (Å²) >= 11 is 13.2. The summed E-state index contributed by atoms with van der Waals surface area (Å²) in [6, 6.07) is 8.23. The van der Waals surface area contributed by atoms with Gasteiger partial charge in [0, 0.05) is 5.02 Å². The number of thiophene rings is 1. The van der Waals surface area contributed by atoms with E-state index in [1.807, 2.05) is 17.5 Å². The van der Waals surface area contributed by atoms with Crippen LogP contribution in [0, 0.1) is 0 Å². The zero-order valence-corrected chi connectivity index (χ0v) is 15.5. The molecule has 0 bridgehead atoms. The average Bonchev–Trinajstić information content (AvgIpc) is 3.29. The lowest BCUT2D eigenvalue weighted by molar-refractivity contribution is -0.143. The summed E-state index contributed by atoms with van der Waals surface area (Å²) in [6.45, 7) is -0.349. The normalized spacial score (nSPS) is 10.5. The van der Waals surface area contributed by atoms with Crippen LogP contribution in [0.15, 0.2) is 46.4 Å². The molecule has 0 aliphatic carbocycles. The van der Waals surface area contributed by atoms with Crippen molar-refractivity contribution in [3.63, 3.8) is 0 Å². The smallest absolute Gasteiger partial charge is 0.325 e. The van der Waals surface area contributed by atoms with Gasteiger partial charge in [0.2, 0.25) is 5.89 Å². The minimum Gasteiger partial charge on any atom is -0.458 e. The van der Waals surface area contributed by atoms with E-state index in [0.717, 1.165) is 4.88 Å². The molecule has 1 aromatic carbocycles. The maximum absolute atomic E-state index is 12.0. The lowest BCUT2D eigenvalue weighted by Gasteiger charge is -2.07. The Morgan fingerprint density at radius 2 is 2.12 bits per heavy atom. The number of ether oxygens (including phenoxy) is 1. The van der Waals surface area contributed by atoms with Crippen LogP contribution in [-0.2, 0) is 16.1 Å². The Labute approximate surface area is 162 Å². The quantitative estimate of drug-likeness (QED) is 0.616. The Balaban J connectivity index is 1.48. The molecule has 3 rings (SSSR count). The van der Waals surface area contributed by atoms with Crippen molar-refractivity contribution >= 4 is 46.4 Å². The van der Waals surface area contributed by atoms with Crippen LogP contribution in [0.4, 0.5) is 0 Å². The van der Waals surface area contributed by atoms with Gasteiger partial charge < -0.3 is 14.5 Å². The van der Waals surface area contributed by atoms with Crippen molar-refractivity contribution in [2.24, 2.45) is 0 Å². The minimum absolute atomic E-state index is 0.0503. The highest BCUT2D eigenvalue weighted by Gasteiger charge is 2.14. The number of hydrogen-bond acceptors (Lipinski definition) is 6. The van der Waals surface area contributed by atoms with E-state index in [1.54, 1.807) is 0 Å². The molecule has 0 unspecified atom stereocenters. The second-order valence-corrected chi connectivity index (χ2v) is 6.88. The number of carbonyl (C=O) groups excluding carboxylic acids is 2. The minimum atomic E-state index is -0.607. The molecular weight excluding hydrogens is 399 g/mol. The van der Waals surface area contributed by atoms with E-state index >= 15 is 0 Å². The number of oxazole rings is 1. The summed E-state index contributed by atoms with van der Waals surface area (Å²) in [5, 5.41) is 4.97. The average molecular weight is 411 g/mol. The van der Waals surface area contributed by atoms with E-state index < -0.39 is 11.9 Å². The van der Waals surface area contributed by atoms with E-state index in [1.165, 1.54) is 35.8 Å². The Bertz CT molecular complexity index is 925. The lowest BCUT2D eigenvalue weighted by atomic mass is 10.2. The fourth-order valence-corrected chi connectivity index (χ4v) is 3.16. The molecule has 26 heavy (non-hydrogen) atoms. The molecule has 0 saturated heterocycles. The molecule has 0 saturated carbocycles. The number of rotatable bonds is 6. The monoisotopic (exact) mass is 410 g/mol. The summed E-state index contributed by atoms with van der Waals surface area (Å²) in [7, 11) is 0. The predicted octanol–water partition coefficient (Wildman–Crippen LogP) is 4.18.